The molecule has 1 aliphatic heterocycles. The van der Waals surface area contributed by atoms with Gasteiger partial charge in [0.25, 0.3) is 5.90 Å². The van der Waals surface area contributed by atoms with E-state index in [1.54, 1.807) is 41.7 Å². The molecule has 6 atom stereocenters. The van der Waals surface area contributed by atoms with Gasteiger partial charge in [-0.1, -0.05) is 97.8 Å². The van der Waals surface area contributed by atoms with Crippen LogP contribution in [0.5, 0.6) is 0 Å². The molecule has 1 saturated heterocycles. The van der Waals surface area contributed by atoms with Crippen LogP contribution in [0.3, 0.4) is 0 Å². The lowest BCUT2D eigenvalue weighted by Gasteiger charge is -2.45. The minimum Gasteiger partial charge on any atom is -0.441 e. The minimum absolute atomic E-state index is 0.0810. The predicted octanol–water partition coefficient (Wildman–Crippen LogP) is 9.26. The second kappa shape index (κ2) is 22.0. The topological polar surface area (TPSA) is 107 Å². The van der Waals surface area contributed by atoms with E-state index >= 15 is 0 Å². The van der Waals surface area contributed by atoms with Crippen molar-refractivity contribution in [3.63, 3.8) is 0 Å². The summed E-state index contributed by atoms with van der Waals surface area (Å²) >= 11 is 3.52. The molecule has 0 spiro atoms. The molecule has 0 amide bonds. The van der Waals surface area contributed by atoms with Crippen molar-refractivity contribution < 1.29 is 36.9 Å². The van der Waals surface area contributed by atoms with Crippen LogP contribution in [-0.2, 0) is 36.9 Å². The molecule has 9 nitrogen and oxygen atoms in total. The first-order chi connectivity index (χ1) is 24.7. The van der Waals surface area contributed by atoms with Gasteiger partial charge < -0.3 is 23.7 Å². The van der Waals surface area contributed by atoms with E-state index in [2.05, 4.69) is 21.9 Å². The summed E-state index contributed by atoms with van der Waals surface area (Å²) < 4.78 is 73.9. The second-order valence-corrected chi connectivity index (χ2v) is 14.4. The molecule has 0 aliphatic carbocycles. The number of hydrogen-bond donors (Lipinski definition) is 0. The third-order valence-corrected chi connectivity index (χ3v) is 10.4. The SMILES string of the molecule is CC(CSCCN=[N+]=[N-])CSCCOCC1O[C@@H](O/C(=N/c2ccccc2)C(F)(F)F)C(OCc2ccccc2)[C@@H](C)[C@H]1OCc1ccccc1. The van der Waals surface area contributed by atoms with E-state index < -0.39 is 42.6 Å². The van der Waals surface area contributed by atoms with Gasteiger partial charge in [-0.05, 0) is 52.0 Å². The highest BCUT2D eigenvalue weighted by Crippen LogP contribution is 2.35. The van der Waals surface area contributed by atoms with E-state index in [9.17, 15) is 13.2 Å². The summed E-state index contributed by atoms with van der Waals surface area (Å²) in [6.07, 6.45) is -8.62. The number of aliphatic imine (C=N–C) groups is 1. The number of rotatable bonds is 20. The third-order valence-electron chi connectivity index (χ3n) is 7.87. The van der Waals surface area contributed by atoms with Gasteiger partial charge in [0.15, 0.2) is 0 Å². The maximum absolute atomic E-state index is 14.4. The molecule has 3 unspecified atom stereocenters. The zero-order valence-electron chi connectivity index (χ0n) is 28.8. The van der Waals surface area contributed by atoms with E-state index in [0.29, 0.717) is 19.1 Å². The zero-order chi connectivity index (χ0) is 36.3. The van der Waals surface area contributed by atoms with Gasteiger partial charge in [-0.25, -0.2) is 4.99 Å². The molecule has 1 aliphatic rings. The van der Waals surface area contributed by atoms with Crippen LogP contribution in [0.25, 0.3) is 10.4 Å². The van der Waals surface area contributed by atoms with E-state index in [4.69, 9.17) is 29.2 Å². The first-order valence-corrected chi connectivity index (χ1v) is 19.1. The Morgan fingerprint density at radius 2 is 1.43 bits per heavy atom. The molecule has 0 bridgehead atoms. The summed E-state index contributed by atoms with van der Waals surface area (Å²) in [4.78, 5) is 6.59. The van der Waals surface area contributed by atoms with Gasteiger partial charge in [0.05, 0.1) is 38.2 Å². The molecule has 276 valence electrons. The number of para-hydroxylation sites is 1. The fourth-order valence-electron chi connectivity index (χ4n) is 5.32. The summed E-state index contributed by atoms with van der Waals surface area (Å²) in [6.45, 7) is 5.43. The van der Waals surface area contributed by atoms with E-state index in [1.807, 2.05) is 67.6 Å². The molecule has 0 N–H and O–H groups in total. The maximum Gasteiger partial charge on any atom is 0.468 e. The Balaban J connectivity index is 1.48. The van der Waals surface area contributed by atoms with Crippen molar-refractivity contribution in [3.05, 3.63) is 113 Å². The van der Waals surface area contributed by atoms with Crippen LogP contribution in [0, 0.1) is 11.8 Å². The Morgan fingerprint density at radius 1 is 0.863 bits per heavy atom. The number of benzene rings is 3. The van der Waals surface area contributed by atoms with Crippen LogP contribution < -0.4 is 0 Å². The predicted molar refractivity (Wildman–Crippen MR) is 197 cm³/mol. The van der Waals surface area contributed by atoms with Gasteiger partial charge in [0.2, 0.25) is 6.29 Å². The number of nitrogens with zero attached hydrogens (tertiary/aromatic N) is 4. The summed E-state index contributed by atoms with van der Waals surface area (Å²) in [6, 6.07) is 26.9. The van der Waals surface area contributed by atoms with Crippen molar-refractivity contribution in [2.24, 2.45) is 21.9 Å². The van der Waals surface area contributed by atoms with E-state index in [-0.39, 0.29) is 25.5 Å². The van der Waals surface area contributed by atoms with E-state index in [0.717, 1.165) is 34.1 Å². The first-order valence-electron chi connectivity index (χ1n) is 16.8. The van der Waals surface area contributed by atoms with Crippen LogP contribution >= 0.6 is 23.5 Å². The Labute approximate surface area is 306 Å². The molecule has 4 rings (SSSR count). The van der Waals surface area contributed by atoms with Crippen molar-refractivity contribution in [1.29, 1.82) is 0 Å². The second-order valence-electron chi connectivity index (χ2n) is 12.1. The highest BCUT2D eigenvalue weighted by atomic mass is 32.2. The van der Waals surface area contributed by atoms with Gasteiger partial charge in [-0.2, -0.15) is 36.7 Å². The lowest BCUT2D eigenvalue weighted by Crippen LogP contribution is -2.58. The van der Waals surface area contributed by atoms with Crippen LogP contribution in [0.1, 0.15) is 25.0 Å². The van der Waals surface area contributed by atoms with Crippen LogP contribution in [0.15, 0.2) is 101 Å². The highest BCUT2D eigenvalue weighted by Gasteiger charge is 2.49. The summed E-state index contributed by atoms with van der Waals surface area (Å²) in [5, 5.41) is 3.56. The van der Waals surface area contributed by atoms with Gasteiger partial charge in [-0.15, -0.1) is 0 Å². The number of thioether (sulfide) groups is 2. The highest BCUT2D eigenvalue weighted by molar-refractivity contribution is 8.00. The summed E-state index contributed by atoms with van der Waals surface area (Å²) in [5.41, 5.74) is 10.3. The standard InChI is InChI=1S/C37H45F3N4O5S2/c1-27(25-50-20-18-42-44-41)26-51-21-19-45-24-32-33(46-22-29-12-6-3-7-13-29)28(2)34(47-23-30-14-8-4-9-15-30)35(48-32)49-36(37(38,39)40)43-31-16-10-5-11-17-31/h3-17,27-28,32-35H,18-26H2,1-2H3/b43-36+/t27?,28-,32?,33+,34?,35-/m0/s1. The normalized spacial score (nSPS) is 21.5. The molecular weight excluding hydrogens is 702 g/mol. The summed E-state index contributed by atoms with van der Waals surface area (Å²) in [5.74, 6) is 2.01. The average Bonchev–Trinajstić information content (AvgIpc) is 3.13. The first kappa shape index (κ1) is 40.5. The lowest BCUT2D eigenvalue weighted by atomic mass is 9.90. The smallest absolute Gasteiger partial charge is 0.441 e. The number of halogens is 3. The molecule has 3 aromatic rings. The van der Waals surface area contributed by atoms with Gasteiger partial charge >= 0.3 is 6.18 Å². The van der Waals surface area contributed by atoms with Crippen molar-refractivity contribution in [2.75, 3.05) is 42.8 Å². The largest absolute Gasteiger partial charge is 0.468 e. The molecule has 3 aromatic carbocycles. The fourth-order valence-corrected chi connectivity index (χ4v) is 7.29. The Bertz CT molecular complexity index is 1490. The molecule has 1 heterocycles. The maximum atomic E-state index is 14.4. The fraction of sp³-hybridized carbons (Fsp3) is 0.486. The molecule has 1 fully saturated rings. The van der Waals surface area contributed by atoms with Crippen LogP contribution in [-0.4, -0.2) is 79.4 Å². The monoisotopic (exact) mass is 746 g/mol. The van der Waals surface area contributed by atoms with Crippen molar-refractivity contribution in [3.8, 4) is 0 Å². The Morgan fingerprint density at radius 3 is 2.02 bits per heavy atom. The van der Waals surface area contributed by atoms with E-state index in [1.165, 1.54) is 12.1 Å². The minimum atomic E-state index is -4.89. The quantitative estimate of drug-likeness (QED) is 0.0283. The van der Waals surface area contributed by atoms with Crippen molar-refractivity contribution in [2.45, 2.75) is 57.8 Å². The van der Waals surface area contributed by atoms with Crippen LogP contribution in [0.4, 0.5) is 18.9 Å². The van der Waals surface area contributed by atoms with Crippen LogP contribution in [0.2, 0.25) is 0 Å². The summed E-state index contributed by atoms with van der Waals surface area (Å²) in [7, 11) is 0. The molecule has 0 radical (unpaired) electrons. The number of hydrogen-bond acceptors (Lipinski definition) is 9. The zero-order valence-corrected chi connectivity index (χ0v) is 30.4. The molecule has 51 heavy (non-hydrogen) atoms. The number of alkyl halides is 3. The molecule has 0 saturated carbocycles. The molecule has 0 aromatic heterocycles. The Kier molecular flexibility index (Phi) is 17.5. The molecular formula is C37H45F3N4O5S2. The third kappa shape index (κ3) is 14.4. The van der Waals surface area contributed by atoms with Gasteiger partial charge in [-0.3, -0.25) is 0 Å². The molecule has 14 heteroatoms. The average molecular weight is 747 g/mol. The number of azide groups is 1. The lowest BCUT2D eigenvalue weighted by molar-refractivity contribution is -0.292. The number of ether oxygens (including phenoxy) is 5. The van der Waals surface area contributed by atoms with Gasteiger partial charge in [0.1, 0.15) is 12.2 Å². The Hall–Kier alpha value is -3.23. The van der Waals surface area contributed by atoms with Crippen molar-refractivity contribution >= 4 is 35.1 Å². The van der Waals surface area contributed by atoms with Crippen molar-refractivity contribution in [1.82, 2.24) is 0 Å². The van der Waals surface area contributed by atoms with Gasteiger partial charge in [0, 0.05) is 23.1 Å².